The van der Waals surface area contributed by atoms with Gasteiger partial charge in [0.15, 0.2) is 58.3 Å². The average molecular weight is 2050 g/mol. The molecule has 6 saturated carbocycles. The van der Waals surface area contributed by atoms with E-state index in [0.29, 0.717) is 110 Å². The molecule has 18 unspecified atom stereocenters. The second kappa shape index (κ2) is 33.4. The third kappa shape index (κ3) is 12.3. The van der Waals surface area contributed by atoms with Gasteiger partial charge in [-0.05, 0) is 189 Å². The highest BCUT2D eigenvalue weighted by Crippen LogP contribution is 2.75. The molecule has 12 bridgehead atoms. The number of phenols is 6. The first-order valence-electron chi connectivity index (χ1n) is 55.4. The number of piperidine rings is 6. The van der Waals surface area contributed by atoms with E-state index in [9.17, 15) is 70.9 Å². The van der Waals surface area contributed by atoms with E-state index in [4.69, 9.17) is 28.4 Å². The lowest BCUT2D eigenvalue weighted by molar-refractivity contribution is -0.944. The third-order valence-electron chi connectivity index (χ3n) is 45.6. The molecule has 798 valence electrons. The largest absolute Gasteiger partial charge is 0.508 e. The van der Waals surface area contributed by atoms with Crippen LogP contribution in [-0.4, -0.2) is 328 Å². The van der Waals surface area contributed by atoms with Gasteiger partial charge in [0.1, 0.15) is 117 Å². The quantitative estimate of drug-likeness (QED) is 0.0400. The van der Waals surface area contributed by atoms with Gasteiger partial charge in [-0.2, -0.15) is 0 Å². The molecule has 6 saturated heterocycles. The Morgan fingerprint density at radius 3 is 1.05 bits per heavy atom. The number of phenolic OH excluding ortho intramolecular Hbond substituents is 6. The summed E-state index contributed by atoms with van der Waals surface area (Å²) in [5.41, 5.74) is 7.62. The lowest BCUT2D eigenvalue weighted by Gasteiger charge is -2.65. The number of carbonyl (C=O) groups is 2. The number of nitrogens with zero attached hydrogens (tertiary/aromatic N) is 6. The van der Waals surface area contributed by atoms with Gasteiger partial charge < -0.3 is 117 Å². The zero-order valence-electron chi connectivity index (χ0n) is 88.0. The lowest BCUT2D eigenvalue weighted by atomic mass is 9.47. The molecule has 32 atom stereocenters. The first kappa shape index (κ1) is 102. The van der Waals surface area contributed by atoms with Crippen LogP contribution in [0, 0.1) is 11.8 Å². The molecule has 6 spiro atoms. The van der Waals surface area contributed by atoms with Crippen molar-refractivity contribution in [2.45, 2.75) is 308 Å². The van der Waals surface area contributed by atoms with Crippen molar-refractivity contribution >= 4 is 11.6 Å². The molecule has 26 nitrogen and oxygen atoms in total. The molecule has 12 fully saturated rings. The molecule has 0 radical (unpaired) electrons. The smallest absolute Gasteiger partial charge is 0.174 e. The summed E-state index contributed by atoms with van der Waals surface area (Å²) in [6.07, 6.45) is 27.3. The van der Waals surface area contributed by atoms with Crippen molar-refractivity contribution in [3.05, 3.63) is 240 Å². The monoisotopic (exact) mass is 2050 g/mol. The van der Waals surface area contributed by atoms with Crippen molar-refractivity contribution in [2.24, 2.45) is 11.8 Å². The number of likely N-dealkylation sites (N-methyl/N-ethyl adjacent to an activating group) is 6. The summed E-state index contributed by atoms with van der Waals surface area (Å²) in [5, 5.41) is 134. The highest BCUT2D eigenvalue weighted by atomic mass is 16.5. The minimum atomic E-state index is -0.992. The van der Waals surface area contributed by atoms with Gasteiger partial charge in [0.05, 0.1) is 165 Å². The van der Waals surface area contributed by atoms with Gasteiger partial charge in [-0.1, -0.05) is 85.2 Å². The summed E-state index contributed by atoms with van der Waals surface area (Å²) >= 11 is 0. The average Bonchev–Trinajstić information content (AvgIpc) is 1.41. The maximum Gasteiger partial charge on any atom is 0.174 e. The van der Waals surface area contributed by atoms with Crippen LogP contribution >= 0.6 is 0 Å². The number of benzene rings is 6. The summed E-state index contributed by atoms with van der Waals surface area (Å²) in [6.45, 7) is 45.3. The molecule has 24 aliphatic rings. The van der Waals surface area contributed by atoms with Crippen LogP contribution in [0.4, 0.5) is 0 Å². The predicted octanol–water partition coefficient (Wildman–Crippen LogP) is 13.0. The topological polar surface area (TPSA) is 332 Å². The number of aliphatic hydroxyl groups excluding tert-OH is 1. The Bertz CT molecular complexity index is 6540. The Morgan fingerprint density at radius 1 is 0.333 bits per heavy atom. The third-order valence-corrected chi connectivity index (χ3v) is 45.6. The Labute approximate surface area is 882 Å². The Kier molecular flexibility index (Phi) is 22.6. The summed E-state index contributed by atoms with van der Waals surface area (Å²) in [5.74, 6) is 6.49. The Morgan fingerprint density at radius 2 is 0.653 bits per heavy atom. The van der Waals surface area contributed by atoms with Crippen molar-refractivity contribution < 1.29 is 126 Å². The molecule has 12 heterocycles. The number of aliphatic hydroxyl groups is 6. The molecule has 26 heteroatoms. The summed E-state index contributed by atoms with van der Waals surface area (Å²) in [6, 6.07) is 22.6. The maximum absolute atomic E-state index is 12.7. The molecule has 6 aromatic carbocycles. The van der Waals surface area contributed by atoms with Crippen LogP contribution in [0.3, 0.4) is 0 Å². The maximum atomic E-state index is 12.7. The van der Waals surface area contributed by atoms with E-state index in [1.807, 2.05) is 60.7 Å². The first-order chi connectivity index (χ1) is 70.9. The Hall–Kier alpha value is -10.3. The molecular weight excluding hydrogens is 1890 g/mol. The minimum absolute atomic E-state index is 0. The zero-order valence-corrected chi connectivity index (χ0v) is 88.0. The molecule has 150 heavy (non-hydrogen) atoms. The second-order valence-electron chi connectivity index (χ2n) is 51.7. The second-order valence-corrected chi connectivity index (χ2v) is 51.7. The number of aromatic hydroxyl groups is 6. The van der Waals surface area contributed by atoms with E-state index >= 15 is 0 Å². The van der Waals surface area contributed by atoms with E-state index in [0.717, 1.165) is 286 Å². The van der Waals surface area contributed by atoms with Gasteiger partial charge >= 0.3 is 0 Å². The van der Waals surface area contributed by atoms with E-state index < -0.39 is 68.0 Å². The normalized spacial score (nSPS) is 43.8. The highest BCUT2D eigenvalue weighted by molar-refractivity contribution is 5.91. The number of ether oxygens (including phenoxy) is 6. The molecule has 12 aliphatic carbocycles. The van der Waals surface area contributed by atoms with Crippen LogP contribution < -0.4 is 28.4 Å². The van der Waals surface area contributed by atoms with E-state index in [1.165, 1.54) is 11.1 Å². The lowest BCUT2D eigenvalue weighted by Crippen LogP contribution is -2.80. The fourth-order valence-electron chi connectivity index (χ4n) is 39.0. The summed E-state index contributed by atoms with van der Waals surface area (Å²) in [4.78, 5) is 25.4. The fraction of sp³-hybridized carbons (Fsp3) is 0.565. The number of quaternary nitrogens is 6. The van der Waals surface area contributed by atoms with Crippen LogP contribution in [0.15, 0.2) is 173 Å². The molecule has 30 rings (SSSR count). The number of likely N-dealkylation sites (tertiary alicyclic amines) is 6. The van der Waals surface area contributed by atoms with E-state index in [1.54, 1.807) is 36.4 Å². The number of hydrogen-bond donors (Lipinski definition) is 12. The van der Waals surface area contributed by atoms with Gasteiger partial charge in [-0.3, -0.25) is 9.59 Å². The summed E-state index contributed by atoms with van der Waals surface area (Å²) in [7, 11) is 13.4. The molecule has 0 amide bonds. The predicted molar refractivity (Wildman–Crippen MR) is 568 cm³/mol. The van der Waals surface area contributed by atoms with Gasteiger partial charge in [0.2, 0.25) is 0 Å². The number of ketones is 2. The molecule has 6 aromatic rings. The minimum Gasteiger partial charge on any atom is -0.508 e. The molecular formula is C124H158N6O20+6. The number of carbonyl (C=O) groups excluding carboxylic acids is 2. The van der Waals surface area contributed by atoms with Gasteiger partial charge in [-0.15, -0.1) is 0 Å². The van der Waals surface area contributed by atoms with Crippen LogP contribution in [0.1, 0.15) is 197 Å². The van der Waals surface area contributed by atoms with Gasteiger partial charge in [0.25, 0.3) is 0 Å². The first-order valence-corrected chi connectivity index (χ1v) is 55.4. The van der Waals surface area contributed by atoms with Crippen LogP contribution in [0.25, 0.3) is 0 Å². The van der Waals surface area contributed by atoms with Gasteiger partial charge in [0, 0.05) is 146 Å². The van der Waals surface area contributed by atoms with Crippen molar-refractivity contribution in [3.63, 3.8) is 0 Å². The van der Waals surface area contributed by atoms with Crippen LogP contribution in [-0.2, 0) is 80.6 Å². The van der Waals surface area contributed by atoms with E-state index in [-0.39, 0.29) is 102 Å². The number of Topliss-reactive ketones (excluding diaryl/α,β-unsaturated/α-hetero) is 2. The van der Waals surface area contributed by atoms with Crippen LogP contribution in [0.5, 0.6) is 69.0 Å². The molecule has 0 aromatic heterocycles. The van der Waals surface area contributed by atoms with Crippen molar-refractivity contribution in [2.75, 3.05) is 121 Å². The molecule has 12 N–H and O–H groups in total. The zero-order chi connectivity index (χ0) is 105. The van der Waals surface area contributed by atoms with E-state index in [2.05, 4.69) is 114 Å². The number of rotatable bonds is 12. The number of hydrogen-bond acceptors (Lipinski definition) is 20. The van der Waals surface area contributed by atoms with Crippen molar-refractivity contribution in [1.82, 2.24) is 0 Å². The van der Waals surface area contributed by atoms with Crippen molar-refractivity contribution in [1.29, 1.82) is 0 Å². The fourth-order valence-corrected chi connectivity index (χ4v) is 39.0. The summed E-state index contributed by atoms with van der Waals surface area (Å²) < 4.78 is 42.2. The Balaban J connectivity index is 0.0000000956. The standard InChI is InChI=1S/C21H27NO3.2C21H25NO3.2C20H23NO4.C20H25NO3.CH4/c3*1-4-10-22(3)11-9-20-18-14-12-17(22)21(20,24)8-7-13(2)19(20)25-16(18)6-5-15(14)23;2*1-3-9-21(2)10-8-19-16-12-4-5-13(22)17(16)25-18(19)14(23)6-7-20(19,24)15(21)11-12;1-3-9-21(2)10-8-20-13-5-7-16(23)19(20)24-18-15(22)6-4-12(17(18)20)11-14(13)21;/h4-6,13,17,19,24H,1,7-12H2,2-3H3;2*4-6,17,19,24H,1-2,7-12H2,3H3;2*3-5,15,18,24H,1,6-11H2,2H3;3-4,6,13-14,16,19,23H,1,5,7-11H2,2H3;1H4/p+6/t13-,17?,19?,20-,21?,22-;17?,19?,20-,21?,22+;17?,19?,20-,21?,22-;15?,18?,19-,20?,21+;15?,18?,19-,20?,21-;13?,14?,16-,19?,20-,21+;/m000111./s1. The van der Waals surface area contributed by atoms with Gasteiger partial charge in [-0.25, -0.2) is 0 Å². The molecule has 12 aliphatic heterocycles. The van der Waals surface area contributed by atoms with Crippen molar-refractivity contribution in [3.8, 4) is 69.0 Å². The SMILES string of the molecule is C.C=CC[N@+]1(C)CC[C@@]23c4c5ccc(O)c4CC1C2(O)CCC(=C)C3O5.C=CC[N@+]1(C)CC[C@@]23c4c5ccc(O)c4OC2C(=O)CCC3(O)C1C5.C=CC[N@@+]1(C)CC[C@@]23c4c5ccc(O)c4CC1C2(O)CCC(=C)C3O5.C=CC[N@@+]1(C)CC[C@@]23c4c5ccc(O)c4CC1C2(O)CC[C@H](C)C3O5.C=CC[N@@+]1(C)CC[C@@]23c4c5ccc(O)c4OC2C(=O)CCC3(O)C1C5.C=CC[N@@+]1(C)CC[C@@]23c4c5ccc(O)c4OC2[C@H](O)CCC3C1C5. The highest BCUT2D eigenvalue weighted by Gasteiger charge is 2.83. The van der Waals surface area contributed by atoms with Crippen LogP contribution in [0.2, 0.25) is 0 Å².